The summed E-state index contributed by atoms with van der Waals surface area (Å²) in [5.74, 6) is 0.536. The van der Waals surface area contributed by atoms with Crippen LogP contribution in [-0.4, -0.2) is 49.9 Å². The molecule has 2 fully saturated rings. The highest BCUT2D eigenvalue weighted by atomic mass is 32.1. The van der Waals surface area contributed by atoms with Gasteiger partial charge in [0.25, 0.3) is 5.19 Å². The van der Waals surface area contributed by atoms with Crippen molar-refractivity contribution in [2.24, 2.45) is 5.92 Å². The van der Waals surface area contributed by atoms with Crippen LogP contribution in [0.4, 0.5) is 4.39 Å². The lowest BCUT2D eigenvalue weighted by molar-refractivity contribution is 0.0442. The Morgan fingerprint density at radius 2 is 2.18 bits per heavy atom. The zero-order valence-electron chi connectivity index (χ0n) is 15.2. The van der Waals surface area contributed by atoms with Gasteiger partial charge in [-0.1, -0.05) is 16.4 Å². The van der Waals surface area contributed by atoms with Crippen molar-refractivity contribution in [3.8, 4) is 27.2 Å². The Hall–Kier alpha value is -2.52. The number of phenolic OH excluding ortho intramolecular Hbond substituents is 1. The van der Waals surface area contributed by atoms with Crippen LogP contribution in [0.15, 0.2) is 30.5 Å². The van der Waals surface area contributed by atoms with Crippen LogP contribution in [0.5, 0.6) is 10.9 Å². The first-order valence-electron chi connectivity index (χ1n) is 9.30. The van der Waals surface area contributed by atoms with Crippen molar-refractivity contribution in [3.05, 3.63) is 36.2 Å². The molecule has 9 heteroatoms. The van der Waals surface area contributed by atoms with Crippen molar-refractivity contribution in [3.63, 3.8) is 0 Å². The number of hydrogen-bond acceptors (Lipinski definition) is 7. The van der Waals surface area contributed by atoms with Crippen molar-refractivity contribution in [1.82, 2.24) is 25.3 Å². The molecular formula is C19H20FN5O2S. The minimum Gasteiger partial charge on any atom is -0.507 e. The van der Waals surface area contributed by atoms with E-state index >= 15 is 0 Å². The van der Waals surface area contributed by atoms with E-state index in [0.717, 1.165) is 24.3 Å². The third-order valence-electron chi connectivity index (χ3n) is 5.42. The molecule has 3 heterocycles. The van der Waals surface area contributed by atoms with Crippen LogP contribution in [-0.2, 0) is 0 Å². The zero-order valence-corrected chi connectivity index (χ0v) is 16.1. The summed E-state index contributed by atoms with van der Waals surface area (Å²) in [5, 5.41) is 27.0. The van der Waals surface area contributed by atoms with Gasteiger partial charge in [-0.2, -0.15) is 5.10 Å². The van der Waals surface area contributed by atoms with Gasteiger partial charge in [0.15, 0.2) is 11.2 Å². The molecule has 4 unspecified atom stereocenters. The molecule has 2 aromatic heterocycles. The number of alkyl halides is 1. The Labute approximate surface area is 165 Å². The van der Waals surface area contributed by atoms with Crippen molar-refractivity contribution in [2.75, 3.05) is 6.54 Å². The van der Waals surface area contributed by atoms with E-state index in [1.54, 1.807) is 16.8 Å². The number of hydrogen-bond donors (Lipinski definition) is 2. The van der Waals surface area contributed by atoms with Crippen LogP contribution >= 0.6 is 11.3 Å². The number of fused-ring (bicyclic) bond motifs is 2. The average Bonchev–Trinajstić information content (AvgIpc) is 3.40. The number of phenols is 1. The molecular weight excluding hydrogens is 381 g/mol. The number of aryl methyl sites for hydroxylation is 1. The predicted octanol–water partition coefficient (Wildman–Crippen LogP) is 2.87. The molecule has 3 aromatic rings. The first-order chi connectivity index (χ1) is 13.6. The van der Waals surface area contributed by atoms with Crippen molar-refractivity contribution in [1.29, 1.82) is 0 Å². The fraction of sp³-hybridized carbons (Fsp3) is 0.421. The highest BCUT2D eigenvalue weighted by Gasteiger charge is 2.43. The summed E-state index contributed by atoms with van der Waals surface area (Å²) in [6.07, 6.45) is 1.84. The van der Waals surface area contributed by atoms with Crippen molar-refractivity contribution in [2.45, 2.75) is 38.1 Å². The Morgan fingerprint density at radius 1 is 1.29 bits per heavy atom. The molecule has 0 spiro atoms. The standard InChI is InChI=1S/C19H20FN5O2S/c1-10-4-5-25(24-10)12-2-3-13(15(26)8-12)18-22-23-19(28-18)27-16-7-11-6-14(17(16)20)21-9-11/h2-5,8,11,14,16-17,21,26H,6-7,9H2,1H3. The fourth-order valence-corrected chi connectivity index (χ4v) is 4.78. The molecule has 1 aromatic carbocycles. The topological polar surface area (TPSA) is 85.1 Å². The number of aromatic hydroxyl groups is 1. The molecule has 1 aliphatic heterocycles. The number of ether oxygens (including phenoxy) is 1. The Kier molecular flexibility index (Phi) is 4.28. The lowest BCUT2D eigenvalue weighted by Gasteiger charge is -2.30. The second-order valence-corrected chi connectivity index (χ2v) is 8.37. The van der Waals surface area contributed by atoms with Gasteiger partial charge in [0.05, 0.1) is 16.9 Å². The number of nitrogens with one attached hydrogen (secondary N) is 1. The van der Waals surface area contributed by atoms with Crippen molar-refractivity contribution < 1.29 is 14.2 Å². The number of halogens is 1. The number of rotatable bonds is 4. The first kappa shape index (κ1) is 17.6. The maximum absolute atomic E-state index is 14.5. The summed E-state index contributed by atoms with van der Waals surface area (Å²) in [5.41, 5.74) is 2.20. The highest BCUT2D eigenvalue weighted by molar-refractivity contribution is 7.16. The molecule has 1 saturated heterocycles. The van der Waals surface area contributed by atoms with E-state index < -0.39 is 12.3 Å². The van der Waals surface area contributed by atoms with Crippen LogP contribution < -0.4 is 10.1 Å². The molecule has 28 heavy (non-hydrogen) atoms. The van der Waals surface area contributed by atoms with Crippen molar-refractivity contribution >= 4 is 11.3 Å². The lowest BCUT2D eigenvalue weighted by Crippen LogP contribution is -2.44. The van der Waals surface area contributed by atoms with E-state index in [4.69, 9.17) is 4.74 Å². The number of aromatic nitrogens is 4. The van der Waals surface area contributed by atoms with Gasteiger partial charge < -0.3 is 15.2 Å². The van der Waals surface area contributed by atoms with Crippen LogP contribution in [0.3, 0.4) is 0 Å². The Morgan fingerprint density at radius 3 is 2.96 bits per heavy atom. The third kappa shape index (κ3) is 3.14. The van der Waals surface area contributed by atoms with Gasteiger partial charge in [0.1, 0.15) is 11.9 Å². The van der Waals surface area contributed by atoms with Gasteiger partial charge in [0, 0.05) is 18.3 Å². The summed E-state index contributed by atoms with van der Waals surface area (Å²) in [7, 11) is 0. The van der Waals surface area contributed by atoms with Gasteiger partial charge in [-0.15, -0.1) is 5.10 Å². The Balaban J connectivity index is 1.34. The van der Waals surface area contributed by atoms with E-state index in [2.05, 4.69) is 20.6 Å². The first-order valence-corrected chi connectivity index (χ1v) is 10.1. The molecule has 2 N–H and O–H groups in total. The Bertz CT molecular complexity index is 1010. The molecule has 1 saturated carbocycles. The monoisotopic (exact) mass is 401 g/mol. The molecule has 146 valence electrons. The average molecular weight is 401 g/mol. The van der Waals surface area contributed by atoms with E-state index in [1.165, 1.54) is 11.3 Å². The molecule has 0 amide bonds. The zero-order chi connectivity index (χ0) is 19.3. The largest absolute Gasteiger partial charge is 0.507 e. The van der Waals surface area contributed by atoms with E-state index in [1.807, 2.05) is 25.3 Å². The minimum absolute atomic E-state index is 0.0802. The van der Waals surface area contributed by atoms with Crippen LogP contribution in [0.25, 0.3) is 16.3 Å². The summed E-state index contributed by atoms with van der Waals surface area (Å²) in [6, 6.07) is 7.02. The smallest absolute Gasteiger partial charge is 0.294 e. The van der Waals surface area contributed by atoms with Gasteiger partial charge in [0.2, 0.25) is 0 Å². The lowest BCUT2D eigenvalue weighted by atomic mass is 9.87. The van der Waals surface area contributed by atoms with Gasteiger partial charge in [-0.3, -0.25) is 0 Å². The van der Waals surface area contributed by atoms with Crippen LogP contribution in [0, 0.1) is 12.8 Å². The van der Waals surface area contributed by atoms with Gasteiger partial charge in [-0.05, 0) is 50.4 Å². The van der Waals surface area contributed by atoms with Crippen LogP contribution in [0.1, 0.15) is 18.5 Å². The van der Waals surface area contributed by atoms with Gasteiger partial charge >= 0.3 is 0 Å². The maximum Gasteiger partial charge on any atom is 0.294 e. The summed E-state index contributed by atoms with van der Waals surface area (Å²) < 4.78 is 22.1. The number of nitrogens with zero attached hydrogens (tertiary/aromatic N) is 4. The minimum atomic E-state index is -1.05. The normalized spacial score (nSPS) is 26.5. The predicted molar refractivity (Wildman–Crippen MR) is 103 cm³/mol. The summed E-state index contributed by atoms with van der Waals surface area (Å²) in [6.45, 7) is 2.76. The summed E-state index contributed by atoms with van der Waals surface area (Å²) >= 11 is 1.21. The molecule has 1 aliphatic carbocycles. The van der Waals surface area contributed by atoms with E-state index in [9.17, 15) is 9.50 Å². The third-order valence-corrected chi connectivity index (χ3v) is 6.27. The molecule has 0 radical (unpaired) electrons. The molecule has 5 rings (SSSR count). The highest BCUT2D eigenvalue weighted by Crippen LogP contribution is 2.38. The fourth-order valence-electron chi connectivity index (χ4n) is 3.99. The molecule has 2 bridgehead atoms. The SMILES string of the molecule is Cc1ccn(-c2ccc(-c3nnc(OC4CC5CNC(C5)C4F)s3)c(O)c2)n1. The van der Waals surface area contributed by atoms with E-state index in [0.29, 0.717) is 28.1 Å². The summed E-state index contributed by atoms with van der Waals surface area (Å²) in [4.78, 5) is 0. The second-order valence-electron chi connectivity index (χ2n) is 7.43. The second kappa shape index (κ2) is 6.82. The molecule has 7 nitrogen and oxygen atoms in total. The number of benzene rings is 1. The molecule has 2 aliphatic rings. The van der Waals surface area contributed by atoms with Crippen LogP contribution in [0.2, 0.25) is 0 Å². The van der Waals surface area contributed by atoms with E-state index in [-0.39, 0.29) is 11.8 Å². The quantitative estimate of drug-likeness (QED) is 0.699. The molecule has 4 atom stereocenters. The maximum atomic E-state index is 14.5. The van der Waals surface area contributed by atoms with Gasteiger partial charge in [-0.25, -0.2) is 9.07 Å².